The molecule has 98 valence electrons. The van der Waals surface area contributed by atoms with Crippen LogP contribution in [0.3, 0.4) is 0 Å². The molecule has 0 saturated carbocycles. The normalized spacial score (nSPS) is 7.44. The molecule has 0 bridgehead atoms. The standard InChI is InChI=1S/2C7H7.2ClH.H2O.Ti/c2*1-7-5-3-2-4-6-7;;;;/h2*2-6H,1H2;2*1H;1H2;/q2*-1;;;;+2/p-2. The van der Waals surface area contributed by atoms with E-state index in [1.165, 1.54) is 0 Å². The van der Waals surface area contributed by atoms with Crippen molar-refractivity contribution < 1.29 is 22.5 Å². The molecular weight excluding hydrogens is 303 g/mol. The molecule has 0 unspecified atom stereocenters. The van der Waals surface area contributed by atoms with Crippen molar-refractivity contribution in [2.24, 2.45) is 0 Å². The summed E-state index contributed by atoms with van der Waals surface area (Å²) in [5, 5.41) is 0. The van der Waals surface area contributed by atoms with E-state index in [4.69, 9.17) is 18.6 Å². The van der Waals surface area contributed by atoms with Crippen LogP contribution < -0.4 is 0 Å². The molecule has 0 aromatic heterocycles. The zero-order chi connectivity index (χ0) is 12.9. The van der Waals surface area contributed by atoms with Crippen LogP contribution in [-0.2, 0) is 17.0 Å². The zero-order valence-corrected chi connectivity index (χ0v) is 13.0. The molecule has 4 heteroatoms. The van der Waals surface area contributed by atoms with Gasteiger partial charge in [-0.05, 0) is 0 Å². The molecule has 0 spiro atoms. The summed E-state index contributed by atoms with van der Waals surface area (Å²) in [4.78, 5) is 0. The first kappa shape index (κ1) is 19.8. The van der Waals surface area contributed by atoms with Crippen molar-refractivity contribution in [3.05, 3.63) is 85.6 Å². The summed E-state index contributed by atoms with van der Waals surface area (Å²) in [6, 6.07) is 19.7. The molecule has 0 atom stereocenters. The van der Waals surface area contributed by atoms with Crippen LogP contribution in [0.25, 0.3) is 0 Å². The van der Waals surface area contributed by atoms with E-state index in [0.717, 1.165) is 11.1 Å². The minimum atomic E-state index is -0.556. The predicted molar refractivity (Wildman–Crippen MR) is 77.1 cm³/mol. The Morgan fingerprint density at radius 1 is 0.667 bits per heavy atom. The quantitative estimate of drug-likeness (QED) is 0.512. The molecule has 0 aliphatic heterocycles. The van der Waals surface area contributed by atoms with Gasteiger partial charge in [0.25, 0.3) is 0 Å². The van der Waals surface area contributed by atoms with Gasteiger partial charge in [0.1, 0.15) is 0 Å². The molecule has 18 heavy (non-hydrogen) atoms. The molecular formula is C14H16Cl2OTi-2. The van der Waals surface area contributed by atoms with E-state index in [2.05, 4.69) is 13.8 Å². The third-order valence-corrected chi connectivity index (χ3v) is 1.69. The Kier molecular flexibility index (Phi) is 15.9. The fraction of sp³-hybridized carbons (Fsp3) is 0. The molecule has 0 amide bonds. The Bertz CT molecular complexity index is 331. The number of hydrogen-bond acceptors (Lipinski definition) is 0. The predicted octanol–water partition coefficient (Wildman–Crippen LogP) is 4.29. The van der Waals surface area contributed by atoms with Gasteiger partial charge in [-0.3, -0.25) is 0 Å². The first-order valence-electron chi connectivity index (χ1n) is 4.91. The molecule has 0 aliphatic rings. The van der Waals surface area contributed by atoms with Crippen LogP contribution in [0.15, 0.2) is 60.7 Å². The minimum absolute atomic E-state index is 0. The number of benzene rings is 2. The summed E-state index contributed by atoms with van der Waals surface area (Å²) in [5.41, 5.74) is 2.14. The topological polar surface area (TPSA) is 31.5 Å². The van der Waals surface area contributed by atoms with Gasteiger partial charge in [-0.1, -0.05) is 12.1 Å². The Labute approximate surface area is 126 Å². The number of hydrogen-bond donors (Lipinski definition) is 0. The number of rotatable bonds is 0. The molecule has 0 aliphatic carbocycles. The molecule has 2 rings (SSSR count). The Morgan fingerprint density at radius 3 is 1.00 bits per heavy atom. The van der Waals surface area contributed by atoms with Crippen LogP contribution in [0.5, 0.6) is 0 Å². The van der Waals surface area contributed by atoms with Gasteiger partial charge in [0.2, 0.25) is 0 Å². The molecule has 0 radical (unpaired) electrons. The summed E-state index contributed by atoms with van der Waals surface area (Å²) in [7, 11) is 9.78. The fourth-order valence-corrected chi connectivity index (χ4v) is 0.956. The van der Waals surface area contributed by atoms with Gasteiger partial charge < -0.3 is 5.48 Å². The van der Waals surface area contributed by atoms with E-state index in [-0.39, 0.29) is 5.48 Å². The second-order valence-corrected chi connectivity index (χ2v) is 5.62. The van der Waals surface area contributed by atoms with Crippen LogP contribution in [0.1, 0.15) is 11.1 Å². The maximum absolute atomic E-state index is 4.89. The van der Waals surface area contributed by atoms with Gasteiger partial charge in [0, 0.05) is 0 Å². The van der Waals surface area contributed by atoms with Gasteiger partial charge in [-0.15, -0.1) is 24.3 Å². The van der Waals surface area contributed by atoms with Crippen molar-refractivity contribution in [2.45, 2.75) is 0 Å². The fourth-order valence-electron chi connectivity index (χ4n) is 0.956. The van der Waals surface area contributed by atoms with E-state index < -0.39 is 17.0 Å². The Morgan fingerprint density at radius 2 is 0.889 bits per heavy atom. The molecule has 2 N–H and O–H groups in total. The van der Waals surface area contributed by atoms with Crippen molar-refractivity contribution >= 4 is 18.6 Å². The summed E-state index contributed by atoms with van der Waals surface area (Å²) >= 11 is -0.556. The van der Waals surface area contributed by atoms with Gasteiger partial charge in [0.05, 0.1) is 0 Å². The van der Waals surface area contributed by atoms with Crippen LogP contribution >= 0.6 is 18.6 Å². The first-order chi connectivity index (χ1) is 8.20. The van der Waals surface area contributed by atoms with E-state index >= 15 is 0 Å². The molecule has 2 aromatic rings. The van der Waals surface area contributed by atoms with E-state index in [1.807, 2.05) is 60.7 Å². The summed E-state index contributed by atoms with van der Waals surface area (Å²) in [6.07, 6.45) is 0. The number of halogens is 2. The van der Waals surface area contributed by atoms with Crippen LogP contribution in [0.2, 0.25) is 0 Å². The second-order valence-electron chi connectivity index (χ2n) is 3.04. The zero-order valence-electron chi connectivity index (χ0n) is 9.94. The van der Waals surface area contributed by atoms with Crippen molar-refractivity contribution in [2.75, 3.05) is 0 Å². The average Bonchev–Trinajstić information content (AvgIpc) is 2.33. The van der Waals surface area contributed by atoms with Gasteiger partial charge >= 0.3 is 35.6 Å². The van der Waals surface area contributed by atoms with Crippen LogP contribution in [0.4, 0.5) is 0 Å². The molecule has 1 nitrogen and oxygen atoms in total. The van der Waals surface area contributed by atoms with Crippen molar-refractivity contribution in [1.82, 2.24) is 0 Å². The Hall–Kier alpha value is -0.566. The van der Waals surface area contributed by atoms with Gasteiger partial charge in [-0.2, -0.15) is 49.2 Å². The van der Waals surface area contributed by atoms with E-state index in [1.54, 1.807) is 0 Å². The first-order valence-corrected chi connectivity index (χ1v) is 9.20. The van der Waals surface area contributed by atoms with Crippen molar-refractivity contribution in [1.29, 1.82) is 0 Å². The third-order valence-electron chi connectivity index (χ3n) is 1.69. The average molecular weight is 319 g/mol. The SMILES string of the molecule is O.[CH2-]c1ccccc1.[CH2-]c1ccccc1.[Cl][Ti][Cl]. The van der Waals surface area contributed by atoms with Crippen LogP contribution in [-0.4, -0.2) is 5.48 Å². The van der Waals surface area contributed by atoms with Gasteiger partial charge in [0.15, 0.2) is 0 Å². The second kappa shape index (κ2) is 14.5. The maximum atomic E-state index is 4.89. The van der Waals surface area contributed by atoms with Crippen molar-refractivity contribution in [3.63, 3.8) is 0 Å². The molecule has 0 heterocycles. The Balaban J connectivity index is 0. The van der Waals surface area contributed by atoms with Crippen LogP contribution in [0, 0.1) is 13.8 Å². The van der Waals surface area contributed by atoms with E-state index in [0.29, 0.717) is 0 Å². The summed E-state index contributed by atoms with van der Waals surface area (Å²) in [6.45, 7) is 7.44. The third kappa shape index (κ3) is 13.5. The molecule has 0 fully saturated rings. The van der Waals surface area contributed by atoms with Gasteiger partial charge in [-0.25, -0.2) is 0 Å². The van der Waals surface area contributed by atoms with E-state index in [9.17, 15) is 0 Å². The summed E-state index contributed by atoms with van der Waals surface area (Å²) < 4.78 is 0. The monoisotopic (exact) mass is 318 g/mol. The molecule has 0 saturated heterocycles. The summed E-state index contributed by atoms with van der Waals surface area (Å²) in [5.74, 6) is 0. The van der Waals surface area contributed by atoms with Crippen molar-refractivity contribution in [3.8, 4) is 0 Å². The molecule has 2 aromatic carbocycles.